The van der Waals surface area contributed by atoms with Crippen molar-refractivity contribution >= 4 is 5.69 Å². The van der Waals surface area contributed by atoms with Crippen molar-refractivity contribution in [2.75, 3.05) is 6.61 Å². The lowest BCUT2D eigenvalue weighted by Gasteiger charge is -2.12. The molecule has 0 N–H and O–H groups in total. The van der Waals surface area contributed by atoms with Crippen LogP contribution in [0.25, 0.3) is 0 Å². The Hall–Kier alpha value is -1.58. The van der Waals surface area contributed by atoms with Crippen molar-refractivity contribution in [2.24, 2.45) is 0 Å². The average Bonchev–Trinajstić information content (AvgIpc) is 2.25. The molecule has 0 aromatic heterocycles. The number of rotatable bonds is 5. The number of hydrogen-bond acceptors (Lipinski definition) is 3. The van der Waals surface area contributed by atoms with Crippen molar-refractivity contribution < 1.29 is 9.66 Å². The third-order valence-corrected chi connectivity index (χ3v) is 2.47. The molecule has 0 bridgehead atoms. The first-order chi connectivity index (χ1) is 7.61. The molecule has 0 atom stereocenters. The van der Waals surface area contributed by atoms with Crippen LogP contribution in [0.2, 0.25) is 0 Å². The summed E-state index contributed by atoms with van der Waals surface area (Å²) in [5.41, 5.74) is 2.04. The fourth-order valence-corrected chi connectivity index (χ4v) is 1.66. The lowest BCUT2D eigenvalue weighted by Crippen LogP contribution is -2.04. The van der Waals surface area contributed by atoms with Crippen LogP contribution in [0.4, 0.5) is 5.69 Å². The molecule has 4 nitrogen and oxygen atoms in total. The number of benzene rings is 1. The molecular weight excluding hydrogens is 206 g/mol. The van der Waals surface area contributed by atoms with Gasteiger partial charge in [0.1, 0.15) is 0 Å². The van der Waals surface area contributed by atoms with E-state index in [0.29, 0.717) is 12.4 Å². The first-order valence-corrected chi connectivity index (χ1v) is 5.51. The minimum atomic E-state index is -0.385. The minimum Gasteiger partial charge on any atom is -0.487 e. The molecule has 88 valence electrons. The van der Waals surface area contributed by atoms with Crippen LogP contribution < -0.4 is 4.74 Å². The fraction of sp³-hybridized carbons (Fsp3) is 0.500. The molecule has 16 heavy (non-hydrogen) atoms. The van der Waals surface area contributed by atoms with Crippen molar-refractivity contribution in [2.45, 2.75) is 33.6 Å². The standard InChI is InChI=1S/C12H17NO3/c1-4-8-16-12-10(5-2)9(3)6-7-11(12)13(14)15/h6-7H,4-5,8H2,1-3H3. The zero-order chi connectivity index (χ0) is 12.1. The van der Waals surface area contributed by atoms with Crippen LogP contribution in [0.3, 0.4) is 0 Å². The van der Waals surface area contributed by atoms with Gasteiger partial charge < -0.3 is 4.74 Å². The number of nitrogens with zero attached hydrogens (tertiary/aromatic N) is 1. The summed E-state index contributed by atoms with van der Waals surface area (Å²) in [4.78, 5) is 10.5. The van der Waals surface area contributed by atoms with Crippen LogP contribution in [0.1, 0.15) is 31.4 Å². The highest BCUT2D eigenvalue weighted by Crippen LogP contribution is 2.33. The summed E-state index contributed by atoms with van der Waals surface area (Å²) in [7, 11) is 0. The minimum absolute atomic E-state index is 0.0656. The molecule has 0 saturated carbocycles. The van der Waals surface area contributed by atoms with Gasteiger partial charge in [-0.3, -0.25) is 10.1 Å². The normalized spacial score (nSPS) is 10.2. The Bertz CT molecular complexity index is 388. The van der Waals surface area contributed by atoms with Gasteiger partial charge in [-0.2, -0.15) is 0 Å². The molecule has 0 aliphatic rings. The molecule has 0 fully saturated rings. The first kappa shape index (κ1) is 12.5. The number of nitro groups is 1. The second-order valence-electron chi connectivity index (χ2n) is 3.67. The molecule has 0 radical (unpaired) electrons. The maximum Gasteiger partial charge on any atom is 0.311 e. The molecule has 0 aliphatic heterocycles. The quantitative estimate of drug-likeness (QED) is 0.568. The van der Waals surface area contributed by atoms with Gasteiger partial charge in [0, 0.05) is 11.6 Å². The maximum absolute atomic E-state index is 10.9. The molecular formula is C12H17NO3. The van der Waals surface area contributed by atoms with Crippen molar-refractivity contribution in [3.05, 3.63) is 33.4 Å². The zero-order valence-electron chi connectivity index (χ0n) is 9.95. The van der Waals surface area contributed by atoms with Crippen molar-refractivity contribution in [1.29, 1.82) is 0 Å². The molecule has 0 amide bonds. The van der Waals surface area contributed by atoms with Crippen LogP contribution >= 0.6 is 0 Å². The van der Waals surface area contributed by atoms with Gasteiger partial charge in [-0.05, 0) is 25.3 Å². The monoisotopic (exact) mass is 223 g/mol. The van der Waals surface area contributed by atoms with E-state index in [-0.39, 0.29) is 10.6 Å². The van der Waals surface area contributed by atoms with Crippen molar-refractivity contribution in [3.63, 3.8) is 0 Å². The summed E-state index contributed by atoms with van der Waals surface area (Å²) in [6.07, 6.45) is 1.58. The summed E-state index contributed by atoms with van der Waals surface area (Å²) in [5, 5.41) is 10.9. The van der Waals surface area contributed by atoms with E-state index in [1.54, 1.807) is 6.07 Å². The smallest absolute Gasteiger partial charge is 0.311 e. The van der Waals surface area contributed by atoms with Crippen molar-refractivity contribution in [3.8, 4) is 5.75 Å². The van der Waals surface area contributed by atoms with Crippen LogP contribution in [-0.4, -0.2) is 11.5 Å². The second-order valence-corrected chi connectivity index (χ2v) is 3.67. The lowest BCUT2D eigenvalue weighted by atomic mass is 10.0. The van der Waals surface area contributed by atoms with Gasteiger partial charge in [0.15, 0.2) is 0 Å². The summed E-state index contributed by atoms with van der Waals surface area (Å²) < 4.78 is 5.51. The fourth-order valence-electron chi connectivity index (χ4n) is 1.66. The molecule has 1 aromatic carbocycles. The van der Waals surface area contributed by atoms with Crippen LogP contribution in [0.5, 0.6) is 5.75 Å². The lowest BCUT2D eigenvalue weighted by molar-refractivity contribution is -0.385. The average molecular weight is 223 g/mol. The molecule has 0 spiro atoms. The largest absolute Gasteiger partial charge is 0.487 e. The molecule has 1 rings (SSSR count). The molecule has 0 aliphatic carbocycles. The summed E-state index contributed by atoms with van der Waals surface area (Å²) in [6, 6.07) is 3.29. The van der Waals surface area contributed by atoms with E-state index < -0.39 is 0 Å². The van der Waals surface area contributed by atoms with Crippen LogP contribution in [0.15, 0.2) is 12.1 Å². The Balaban J connectivity index is 3.23. The van der Waals surface area contributed by atoms with E-state index in [1.165, 1.54) is 6.07 Å². The SMILES string of the molecule is CCCOc1c([N+](=O)[O-])ccc(C)c1CC. The Kier molecular flexibility index (Phi) is 4.28. The predicted octanol–water partition coefficient (Wildman–Crippen LogP) is 3.25. The Morgan fingerprint density at radius 3 is 2.56 bits per heavy atom. The van der Waals surface area contributed by atoms with E-state index in [1.807, 2.05) is 20.8 Å². The van der Waals surface area contributed by atoms with Gasteiger partial charge in [0.2, 0.25) is 5.75 Å². The van der Waals surface area contributed by atoms with Gasteiger partial charge in [-0.25, -0.2) is 0 Å². The number of ether oxygens (including phenoxy) is 1. The Morgan fingerprint density at radius 2 is 2.06 bits per heavy atom. The Morgan fingerprint density at radius 1 is 1.38 bits per heavy atom. The molecule has 0 heterocycles. The highest BCUT2D eigenvalue weighted by atomic mass is 16.6. The zero-order valence-corrected chi connectivity index (χ0v) is 9.95. The van der Waals surface area contributed by atoms with Gasteiger partial charge in [-0.1, -0.05) is 19.9 Å². The number of hydrogen-bond donors (Lipinski definition) is 0. The van der Waals surface area contributed by atoms with Crippen LogP contribution in [-0.2, 0) is 6.42 Å². The first-order valence-electron chi connectivity index (χ1n) is 5.51. The highest BCUT2D eigenvalue weighted by molar-refractivity contribution is 5.54. The summed E-state index contributed by atoms with van der Waals surface area (Å²) in [5.74, 6) is 0.439. The molecule has 0 saturated heterocycles. The van der Waals surface area contributed by atoms with E-state index in [2.05, 4.69) is 0 Å². The summed E-state index contributed by atoms with van der Waals surface area (Å²) in [6.45, 7) is 6.41. The topological polar surface area (TPSA) is 52.4 Å². The van der Waals surface area contributed by atoms with E-state index in [4.69, 9.17) is 4.74 Å². The van der Waals surface area contributed by atoms with Gasteiger partial charge >= 0.3 is 5.69 Å². The molecule has 1 aromatic rings. The van der Waals surface area contributed by atoms with Gasteiger partial charge in [0.05, 0.1) is 11.5 Å². The van der Waals surface area contributed by atoms with E-state index in [0.717, 1.165) is 24.0 Å². The third-order valence-electron chi connectivity index (χ3n) is 2.47. The second kappa shape index (κ2) is 5.49. The number of nitro benzene ring substituents is 1. The number of aryl methyl sites for hydroxylation is 1. The maximum atomic E-state index is 10.9. The third kappa shape index (κ3) is 2.51. The highest BCUT2D eigenvalue weighted by Gasteiger charge is 2.19. The predicted molar refractivity (Wildman–Crippen MR) is 63.0 cm³/mol. The van der Waals surface area contributed by atoms with Gasteiger partial charge in [-0.15, -0.1) is 0 Å². The van der Waals surface area contributed by atoms with Crippen LogP contribution in [0, 0.1) is 17.0 Å². The van der Waals surface area contributed by atoms with Crippen molar-refractivity contribution in [1.82, 2.24) is 0 Å². The Labute approximate surface area is 95.4 Å². The molecule has 0 unspecified atom stereocenters. The summed E-state index contributed by atoms with van der Waals surface area (Å²) >= 11 is 0. The molecule has 4 heteroatoms. The van der Waals surface area contributed by atoms with E-state index in [9.17, 15) is 10.1 Å². The van der Waals surface area contributed by atoms with Gasteiger partial charge in [0.25, 0.3) is 0 Å². The van der Waals surface area contributed by atoms with E-state index >= 15 is 0 Å².